The van der Waals surface area contributed by atoms with Crippen LogP contribution in [-0.2, 0) is 16.1 Å². The summed E-state index contributed by atoms with van der Waals surface area (Å²) in [5.41, 5.74) is 1.93. The lowest BCUT2D eigenvalue weighted by atomic mass is 9.98. The molecule has 1 aromatic heterocycles. The summed E-state index contributed by atoms with van der Waals surface area (Å²) in [5, 5.41) is 0. The lowest BCUT2D eigenvalue weighted by molar-refractivity contribution is -0.150. The number of methoxy groups -OCH3 is 1. The molecular weight excluding hydrogens is 268 g/mol. The fourth-order valence-corrected chi connectivity index (χ4v) is 2.78. The van der Waals surface area contributed by atoms with Gasteiger partial charge in [0, 0.05) is 30.9 Å². The lowest BCUT2D eigenvalue weighted by Gasteiger charge is -2.31. The predicted molar refractivity (Wildman–Crippen MR) is 80.2 cm³/mol. The molecule has 0 aromatic carbocycles. The van der Waals surface area contributed by atoms with Gasteiger partial charge < -0.3 is 9.47 Å². The maximum atomic E-state index is 11.9. The summed E-state index contributed by atoms with van der Waals surface area (Å²) in [6.45, 7) is 6.75. The molecule has 0 unspecified atom stereocenters. The maximum absolute atomic E-state index is 11.9. The van der Waals surface area contributed by atoms with Crippen LogP contribution in [0.3, 0.4) is 0 Å². The van der Waals surface area contributed by atoms with E-state index >= 15 is 0 Å². The molecule has 0 spiro atoms. The molecule has 1 atom stereocenters. The lowest BCUT2D eigenvalue weighted by Crippen LogP contribution is -2.39. The zero-order chi connectivity index (χ0) is 15.2. The van der Waals surface area contributed by atoms with Crippen LogP contribution in [-0.4, -0.2) is 42.7 Å². The van der Waals surface area contributed by atoms with Crippen molar-refractivity contribution >= 4 is 5.97 Å². The predicted octanol–water partition coefficient (Wildman–Crippen LogP) is 2.17. The first-order chi connectivity index (χ1) is 10.1. The first-order valence-corrected chi connectivity index (χ1v) is 7.53. The van der Waals surface area contributed by atoms with E-state index in [2.05, 4.69) is 9.88 Å². The Bertz CT molecular complexity index is 490. The van der Waals surface area contributed by atoms with Crippen molar-refractivity contribution in [2.24, 2.45) is 5.92 Å². The molecule has 5 nitrogen and oxygen atoms in total. The first kappa shape index (κ1) is 15.8. The number of carbonyl (C=O) groups excluding carboxylic acids is 1. The minimum atomic E-state index is -0.0722. The van der Waals surface area contributed by atoms with Crippen LogP contribution in [0.1, 0.15) is 31.2 Å². The third-order valence-electron chi connectivity index (χ3n) is 3.73. The minimum absolute atomic E-state index is 0.00888. The summed E-state index contributed by atoms with van der Waals surface area (Å²) < 4.78 is 10.4. The van der Waals surface area contributed by atoms with E-state index in [-0.39, 0.29) is 11.9 Å². The summed E-state index contributed by atoms with van der Waals surface area (Å²) in [6, 6.07) is 3.88. The molecule has 1 saturated heterocycles. The summed E-state index contributed by atoms with van der Waals surface area (Å²) >= 11 is 0. The van der Waals surface area contributed by atoms with E-state index in [4.69, 9.17) is 9.47 Å². The molecule has 1 aliphatic heterocycles. The quantitative estimate of drug-likeness (QED) is 0.779. The fourth-order valence-electron chi connectivity index (χ4n) is 2.78. The second kappa shape index (κ2) is 7.41. The van der Waals surface area contributed by atoms with Crippen LogP contribution < -0.4 is 4.74 Å². The number of esters is 1. The zero-order valence-electron chi connectivity index (χ0n) is 13.1. The molecule has 116 valence electrons. The van der Waals surface area contributed by atoms with Gasteiger partial charge >= 0.3 is 5.97 Å². The monoisotopic (exact) mass is 292 g/mol. The van der Waals surface area contributed by atoms with Crippen LogP contribution in [0.15, 0.2) is 12.1 Å². The molecule has 5 heteroatoms. The van der Waals surface area contributed by atoms with Gasteiger partial charge in [-0.2, -0.15) is 0 Å². The molecule has 0 N–H and O–H groups in total. The number of aromatic nitrogens is 1. The Kier molecular flexibility index (Phi) is 5.56. The Morgan fingerprint density at radius 3 is 3.00 bits per heavy atom. The molecule has 1 aliphatic rings. The van der Waals surface area contributed by atoms with Crippen molar-refractivity contribution in [1.29, 1.82) is 0 Å². The summed E-state index contributed by atoms with van der Waals surface area (Å²) in [5.74, 6) is 0.749. The normalized spacial score (nSPS) is 19.3. The number of rotatable bonds is 5. The zero-order valence-corrected chi connectivity index (χ0v) is 13.1. The van der Waals surface area contributed by atoms with Gasteiger partial charge in [0.15, 0.2) is 0 Å². The van der Waals surface area contributed by atoms with Crippen molar-refractivity contribution in [2.45, 2.75) is 33.2 Å². The fraction of sp³-hybridized carbons (Fsp3) is 0.625. The maximum Gasteiger partial charge on any atom is 0.310 e. The highest BCUT2D eigenvalue weighted by atomic mass is 16.5. The van der Waals surface area contributed by atoms with Crippen LogP contribution >= 0.6 is 0 Å². The van der Waals surface area contributed by atoms with E-state index in [0.29, 0.717) is 6.61 Å². The summed E-state index contributed by atoms with van der Waals surface area (Å²) in [6.07, 6.45) is 1.94. The molecule has 2 rings (SSSR count). The molecule has 0 amide bonds. The van der Waals surface area contributed by atoms with Gasteiger partial charge in [0.2, 0.25) is 0 Å². The highest BCUT2D eigenvalue weighted by molar-refractivity contribution is 5.72. The van der Waals surface area contributed by atoms with Crippen LogP contribution in [0.5, 0.6) is 5.75 Å². The van der Waals surface area contributed by atoms with Crippen molar-refractivity contribution in [1.82, 2.24) is 9.88 Å². The third kappa shape index (κ3) is 4.43. The number of hydrogen-bond donors (Lipinski definition) is 0. The molecule has 21 heavy (non-hydrogen) atoms. The number of piperidine rings is 1. The number of ether oxygens (including phenoxy) is 2. The number of carbonyl (C=O) groups is 1. The molecule has 2 heterocycles. The van der Waals surface area contributed by atoms with Crippen molar-refractivity contribution < 1.29 is 14.3 Å². The van der Waals surface area contributed by atoms with Gasteiger partial charge in [0.1, 0.15) is 5.75 Å². The van der Waals surface area contributed by atoms with Gasteiger partial charge in [0.05, 0.1) is 25.3 Å². The van der Waals surface area contributed by atoms with Crippen molar-refractivity contribution in [3.05, 3.63) is 23.5 Å². The molecule has 0 saturated carbocycles. The smallest absolute Gasteiger partial charge is 0.310 e. The van der Waals surface area contributed by atoms with Crippen molar-refractivity contribution in [2.75, 3.05) is 26.8 Å². The highest BCUT2D eigenvalue weighted by Crippen LogP contribution is 2.21. The van der Waals surface area contributed by atoms with Gasteiger partial charge in [-0.3, -0.25) is 14.7 Å². The van der Waals surface area contributed by atoms with E-state index in [1.54, 1.807) is 7.11 Å². The van der Waals surface area contributed by atoms with Crippen LogP contribution in [0, 0.1) is 12.8 Å². The Hall–Kier alpha value is -1.62. The van der Waals surface area contributed by atoms with Crippen LogP contribution in [0.2, 0.25) is 0 Å². The van der Waals surface area contributed by atoms with E-state index in [1.165, 1.54) is 0 Å². The van der Waals surface area contributed by atoms with Crippen LogP contribution in [0.4, 0.5) is 0 Å². The number of hydrogen-bond acceptors (Lipinski definition) is 5. The van der Waals surface area contributed by atoms with Crippen molar-refractivity contribution in [3.63, 3.8) is 0 Å². The van der Waals surface area contributed by atoms with Crippen molar-refractivity contribution in [3.8, 4) is 5.75 Å². The molecule has 0 aliphatic carbocycles. The van der Waals surface area contributed by atoms with Gasteiger partial charge in [-0.1, -0.05) is 0 Å². The molecule has 1 fully saturated rings. The van der Waals surface area contributed by atoms with E-state index in [1.807, 2.05) is 26.0 Å². The first-order valence-electron chi connectivity index (χ1n) is 7.53. The number of likely N-dealkylation sites (tertiary alicyclic amines) is 1. The largest absolute Gasteiger partial charge is 0.497 e. The van der Waals surface area contributed by atoms with E-state index in [0.717, 1.165) is 49.6 Å². The number of aryl methyl sites for hydroxylation is 1. The average molecular weight is 292 g/mol. The van der Waals surface area contributed by atoms with E-state index in [9.17, 15) is 4.79 Å². The topological polar surface area (TPSA) is 51.7 Å². The second-order valence-corrected chi connectivity index (χ2v) is 5.47. The number of pyridine rings is 1. The third-order valence-corrected chi connectivity index (χ3v) is 3.73. The minimum Gasteiger partial charge on any atom is -0.497 e. The SMILES string of the molecule is CCOC(=O)[C@H]1CCCN(Cc2cc(OC)cc(C)n2)C1. The molecule has 0 bridgehead atoms. The summed E-state index contributed by atoms with van der Waals surface area (Å²) in [7, 11) is 1.66. The summed E-state index contributed by atoms with van der Waals surface area (Å²) in [4.78, 5) is 18.7. The Morgan fingerprint density at radius 2 is 2.29 bits per heavy atom. The molecule has 0 radical (unpaired) electrons. The number of nitrogens with zero attached hydrogens (tertiary/aromatic N) is 2. The Balaban J connectivity index is 1.99. The van der Waals surface area contributed by atoms with Gasteiger partial charge in [-0.25, -0.2) is 0 Å². The molecule has 1 aromatic rings. The second-order valence-electron chi connectivity index (χ2n) is 5.47. The van der Waals surface area contributed by atoms with Gasteiger partial charge in [-0.15, -0.1) is 0 Å². The van der Waals surface area contributed by atoms with Gasteiger partial charge in [-0.05, 0) is 33.2 Å². The molecular formula is C16H24N2O3. The highest BCUT2D eigenvalue weighted by Gasteiger charge is 2.27. The van der Waals surface area contributed by atoms with Crippen LogP contribution in [0.25, 0.3) is 0 Å². The Morgan fingerprint density at radius 1 is 1.48 bits per heavy atom. The van der Waals surface area contributed by atoms with E-state index < -0.39 is 0 Å². The Labute approximate surface area is 126 Å². The standard InChI is InChI=1S/C16H24N2O3/c1-4-21-16(19)13-6-5-7-18(10-13)11-14-9-15(20-3)8-12(2)17-14/h8-9,13H,4-7,10-11H2,1-3H3/t13-/m0/s1. The van der Waals surface area contributed by atoms with Gasteiger partial charge in [0.25, 0.3) is 0 Å². The average Bonchev–Trinajstić information content (AvgIpc) is 2.47.